The van der Waals surface area contributed by atoms with Crippen molar-refractivity contribution in [3.8, 4) is 0 Å². The van der Waals surface area contributed by atoms with Crippen LogP contribution in [0.4, 0.5) is 13.2 Å². The van der Waals surface area contributed by atoms with Gasteiger partial charge in [0.25, 0.3) is 0 Å². The minimum absolute atomic E-state index is 0.421. The van der Waals surface area contributed by atoms with Gasteiger partial charge in [-0.25, -0.2) is 3.63 Å². The van der Waals surface area contributed by atoms with Crippen LogP contribution in [0.15, 0.2) is 53.4 Å². The molecule has 140 valence electrons. The maximum atomic E-state index is 12.6. The molecule has 0 unspecified atom stereocenters. The highest BCUT2D eigenvalue weighted by Gasteiger charge is 2.49. The van der Waals surface area contributed by atoms with E-state index in [-0.39, 0.29) is 0 Å². The van der Waals surface area contributed by atoms with Gasteiger partial charge in [0.05, 0.1) is 0 Å². The van der Waals surface area contributed by atoms with E-state index in [1.165, 1.54) is 18.1 Å². The molecule has 0 radical (unpaired) electrons. The molecule has 0 N–H and O–H groups in total. The summed E-state index contributed by atoms with van der Waals surface area (Å²) in [6.07, 6.45) is 5.60. The minimum Gasteiger partial charge on any atom is -0.209 e. The fourth-order valence-electron chi connectivity index (χ4n) is 2.76. The van der Waals surface area contributed by atoms with Gasteiger partial charge in [-0.05, 0) is 53.3 Å². The average molecular weight is 402 g/mol. The number of hydrogen-bond donors (Lipinski definition) is 0. The third-order valence-electron chi connectivity index (χ3n) is 4.10. The molecule has 0 saturated heterocycles. The van der Waals surface area contributed by atoms with Gasteiger partial charge in [0.1, 0.15) is 0 Å². The molecule has 8 heteroatoms. The lowest BCUT2D eigenvalue weighted by molar-refractivity contribution is -0.0495. The zero-order valence-corrected chi connectivity index (χ0v) is 15.7. The summed E-state index contributed by atoms with van der Waals surface area (Å²) >= 11 is 0. The summed E-state index contributed by atoms with van der Waals surface area (Å²) in [6, 6.07) is 14.8. The maximum Gasteiger partial charge on any atom is 0.523 e. The Morgan fingerprint density at radius 3 is 2.15 bits per heavy atom. The number of rotatable bonds is 4. The van der Waals surface area contributed by atoms with Gasteiger partial charge in [0.15, 0.2) is 0 Å². The van der Waals surface area contributed by atoms with Gasteiger partial charge in [-0.15, -0.1) is 0 Å². The highest BCUT2D eigenvalue weighted by atomic mass is 32.3. The molecule has 0 amide bonds. The van der Waals surface area contributed by atoms with E-state index in [9.17, 15) is 21.6 Å². The van der Waals surface area contributed by atoms with Crippen molar-refractivity contribution in [2.75, 3.05) is 12.5 Å². The molecule has 0 bridgehead atoms. The monoisotopic (exact) mass is 402 g/mol. The second-order valence-corrected chi connectivity index (χ2v) is 11.1. The Kier molecular flexibility index (Phi) is 4.71. The molecule has 0 aliphatic heterocycles. The lowest BCUT2D eigenvalue weighted by atomic mass is 10.0. The molecule has 0 atom stereocenters. The summed E-state index contributed by atoms with van der Waals surface area (Å²) in [5.74, 6) is 0. The number of alkyl halides is 3. The first-order chi connectivity index (χ1) is 12.0. The van der Waals surface area contributed by atoms with E-state index in [1.54, 1.807) is 24.3 Å². The summed E-state index contributed by atoms with van der Waals surface area (Å²) in [4.78, 5) is 0.421. The number of fused-ring (bicyclic) bond motifs is 1. The SMILES string of the molecule is CS(C)(OS(=O)(=O)C(F)(F)F)c1ccc(C2=Cc3ccccc3C2)cc1. The molecule has 26 heavy (non-hydrogen) atoms. The van der Waals surface area contributed by atoms with E-state index < -0.39 is 25.9 Å². The van der Waals surface area contributed by atoms with E-state index in [0.717, 1.165) is 23.1 Å². The molecule has 2 aromatic rings. The van der Waals surface area contributed by atoms with Crippen LogP contribution in [0.25, 0.3) is 11.6 Å². The van der Waals surface area contributed by atoms with Crippen LogP contribution in [-0.2, 0) is 20.2 Å². The molecule has 1 aliphatic rings. The Morgan fingerprint density at radius 1 is 0.962 bits per heavy atom. The summed E-state index contributed by atoms with van der Waals surface area (Å²) in [5.41, 5.74) is -1.01. The fourth-order valence-corrected chi connectivity index (χ4v) is 5.97. The van der Waals surface area contributed by atoms with E-state index in [2.05, 4.69) is 15.8 Å². The largest absolute Gasteiger partial charge is 0.523 e. The topological polar surface area (TPSA) is 43.4 Å². The molecule has 0 heterocycles. The summed E-state index contributed by atoms with van der Waals surface area (Å²) < 4.78 is 64.8. The van der Waals surface area contributed by atoms with Crippen LogP contribution in [0.2, 0.25) is 0 Å². The van der Waals surface area contributed by atoms with Crippen molar-refractivity contribution in [1.82, 2.24) is 0 Å². The Balaban J connectivity index is 1.82. The van der Waals surface area contributed by atoms with E-state index in [0.29, 0.717) is 4.90 Å². The zero-order chi connectivity index (χ0) is 19.2. The van der Waals surface area contributed by atoms with Crippen LogP contribution in [0.1, 0.15) is 16.7 Å². The third kappa shape index (κ3) is 3.67. The number of benzene rings is 2. The Labute approximate surface area is 152 Å². The normalized spacial score (nSPS) is 15.5. The smallest absolute Gasteiger partial charge is 0.209 e. The molecule has 0 saturated carbocycles. The molecule has 0 spiro atoms. The first-order valence-corrected chi connectivity index (χ1v) is 11.4. The first kappa shape index (κ1) is 19.0. The predicted octanol–water partition coefficient (Wildman–Crippen LogP) is 4.99. The van der Waals surface area contributed by atoms with Gasteiger partial charge >= 0.3 is 15.6 Å². The summed E-state index contributed by atoms with van der Waals surface area (Å²) in [7, 11) is -8.26. The van der Waals surface area contributed by atoms with Crippen molar-refractivity contribution in [3.63, 3.8) is 0 Å². The van der Waals surface area contributed by atoms with E-state index >= 15 is 0 Å². The Bertz CT molecular complexity index is 960. The lowest BCUT2D eigenvalue weighted by Gasteiger charge is -2.30. The van der Waals surface area contributed by atoms with Crippen LogP contribution in [0.3, 0.4) is 0 Å². The average Bonchev–Trinajstić information content (AvgIpc) is 2.97. The van der Waals surface area contributed by atoms with Crippen molar-refractivity contribution in [1.29, 1.82) is 0 Å². The zero-order valence-electron chi connectivity index (χ0n) is 14.1. The summed E-state index contributed by atoms with van der Waals surface area (Å²) in [6.45, 7) is 0. The van der Waals surface area contributed by atoms with Crippen molar-refractivity contribution in [2.24, 2.45) is 0 Å². The van der Waals surface area contributed by atoms with Crippen LogP contribution >= 0.6 is 10.3 Å². The van der Waals surface area contributed by atoms with Crippen LogP contribution in [0.5, 0.6) is 0 Å². The van der Waals surface area contributed by atoms with Gasteiger partial charge in [0, 0.05) is 4.90 Å². The molecule has 3 rings (SSSR count). The predicted molar refractivity (Wildman–Crippen MR) is 98.2 cm³/mol. The molecule has 2 aromatic carbocycles. The number of halogens is 3. The minimum atomic E-state index is -5.64. The third-order valence-corrected chi connectivity index (χ3v) is 8.15. The van der Waals surface area contributed by atoms with Gasteiger partial charge in [-0.1, -0.05) is 52.8 Å². The fraction of sp³-hybridized carbons (Fsp3) is 0.222. The highest BCUT2D eigenvalue weighted by molar-refractivity contribution is 8.32. The highest BCUT2D eigenvalue weighted by Crippen LogP contribution is 2.53. The quantitative estimate of drug-likeness (QED) is 0.677. The molecular formula is C18H17F3O3S2. The molecule has 3 nitrogen and oxygen atoms in total. The van der Waals surface area contributed by atoms with Crippen molar-refractivity contribution in [3.05, 3.63) is 65.2 Å². The van der Waals surface area contributed by atoms with Gasteiger partial charge < -0.3 is 0 Å². The van der Waals surface area contributed by atoms with E-state index in [4.69, 9.17) is 0 Å². The number of allylic oxidation sites excluding steroid dienone is 1. The molecule has 0 aromatic heterocycles. The Hall–Kier alpha value is -1.77. The second-order valence-electron chi connectivity index (χ2n) is 6.27. The molecular weight excluding hydrogens is 385 g/mol. The lowest BCUT2D eigenvalue weighted by Crippen LogP contribution is -2.26. The van der Waals surface area contributed by atoms with Crippen LogP contribution in [-0.4, -0.2) is 26.4 Å². The van der Waals surface area contributed by atoms with Crippen LogP contribution < -0.4 is 0 Å². The van der Waals surface area contributed by atoms with Crippen molar-refractivity contribution in [2.45, 2.75) is 16.8 Å². The Morgan fingerprint density at radius 2 is 1.58 bits per heavy atom. The van der Waals surface area contributed by atoms with Crippen molar-refractivity contribution < 1.29 is 25.2 Å². The molecule has 1 aliphatic carbocycles. The van der Waals surface area contributed by atoms with Crippen LogP contribution in [0, 0.1) is 0 Å². The van der Waals surface area contributed by atoms with Gasteiger partial charge in [0.2, 0.25) is 0 Å². The maximum absolute atomic E-state index is 12.6. The number of hydrogen-bond acceptors (Lipinski definition) is 3. The van der Waals surface area contributed by atoms with E-state index in [1.807, 2.05) is 18.2 Å². The van der Waals surface area contributed by atoms with Gasteiger partial charge in [-0.3, -0.25) is 0 Å². The summed E-state index contributed by atoms with van der Waals surface area (Å²) in [5, 5.41) is 0. The standard InChI is InChI=1S/C18H17F3O3S2/c1-25(2,24-26(22,23)18(19,20)21)17-9-7-13(8-10-17)16-11-14-5-3-4-6-15(14)12-16/h3-11H,12H2,1-2H3. The van der Waals surface area contributed by atoms with Crippen molar-refractivity contribution >= 4 is 32.1 Å². The second kappa shape index (κ2) is 6.44. The molecule has 0 fully saturated rings. The van der Waals surface area contributed by atoms with Gasteiger partial charge in [-0.2, -0.15) is 21.6 Å². The first-order valence-electron chi connectivity index (χ1n) is 7.64.